The van der Waals surface area contributed by atoms with Crippen LogP contribution in [0.3, 0.4) is 0 Å². The average Bonchev–Trinajstić information content (AvgIpc) is 3.31. The highest BCUT2D eigenvalue weighted by Crippen LogP contribution is 2.34. The van der Waals surface area contributed by atoms with Crippen LogP contribution in [0.1, 0.15) is 19.8 Å². The van der Waals surface area contributed by atoms with Gasteiger partial charge in [0.15, 0.2) is 5.65 Å². The van der Waals surface area contributed by atoms with E-state index in [1.54, 1.807) is 6.20 Å². The highest BCUT2D eigenvalue weighted by molar-refractivity contribution is 5.96. The van der Waals surface area contributed by atoms with E-state index in [0.717, 1.165) is 49.9 Å². The van der Waals surface area contributed by atoms with Crippen molar-refractivity contribution < 1.29 is 9.13 Å². The molecule has 0 bridgehead atoms. The van der Waals surface area contributed by atoms with Crippen molar-refractivity contribution in [2.75, 3.05) is 44.7 Å². The molecule has 36 heavy (non-hydrogen) atoms. The second-order valence-corrected chi connectivity index (χ2v) is 9.73. The number of hydrogen-bond donors (Lipinski definition) is 1. The number of anilines is 1. The molecule has 3 aromatic heterocycles. The quantitative estimate of drug-likeness (QED) is 0.457. The van der Waals surface area contributed by atoms with E-state index in [1.807, 2.05) is 30.3 Å². The summed E-state index contributed by atoms with van der Waals surface area (Å²) < 4.78 is 21.8. The van der Waals surface area contributed by atoms with E-state index in [-0.39, 0.29) is 17.7 Å². The van der Waals surface area contributed by atoms with Crippen LogP contribution in [0.4, 0.5) is 10.2 Å². The van der Waals surface area contributed by atoms with Crippen molar-refractivity contribution in [3.8, 4) is 17.3 Å². The standard InChI is InChI=1S/C27H30FN7O/c1-17-15-29-11-13-35(17)26-21-14-22(28)24(20-7-3-9-23-19(20)8-4-10-30-23)31-25(21)32-27(33-26)36-16-18-6-5-12-34(18)2/h3-4,7-10,14,17-18,29H,5-6,11-13,15-16H2,1-2H3/t17-,18+/m1/s1. The van der Waals surface area contributed by atoms with Crippen LogP contribution < -0.4 is 15.0 Å². The van der Waals surface area contributed by atoms with Crippen LogP contribution in [0.5, 0.6) is 6.01 Å². The summed E-state index contributed by atoms with van der Waals surface area (Å²) in [6.45, 7) is 6.13. The summed E-state index contributed by atoms with van der Waals surface area (Å²) in [6.07, 6.45) is 3.99. The molecule has 0 unspecified atom stereocenters. The summed E-state index contributed by atoms with van der Waals surface area (Å²) in [4.78, 5) is 23.1. The van der Waals surface area contributed by atoms with Crippen molar-refractivity contribution in [2.45, 2.75) is 31.8 Å². The molecule has 186 valence electrons. The Bertz CT molecular complexity index is 1410. The molecule has 5 heterocycles. The molecule has 0 aliphatic carbocycles. The fourth-order valence-corrected chi connectivity index (χ4v) is 5.29. The Morgan fingerprint density at radius 1 is 1.11 bits per heavy atom. The average molecular weight is 488 g/mol. The highest BCUT2D eigenvalue weighted by atomic mass is 19.1. The zero-order valence-electron chi connectivity index (χ0n) is 20.6. The highest BCUT2D eigenvalue weighted by Gasteiger charge is 2.26. The molecule has 2 atom stereocenters. The van der Waals surface area contributed by atoms with Gasteiger partial charge in [0.25, 0.3) is 0 Å². The van der Waals surface area contributed by atoms with Crippen LogP contribution >= 0.6 is 0 Å². The number of pyridine rings is 2. The maximum Gasteiger partial charge on any atom is 0.320 e. The van der Waals surface area contributed by atoms with Gasteiger partial charge in [-0.3, -0.25) is 4.98 Å². The second kappa shape index (κ2) is 9.55. The first-order valence-electron chi connectivity index (χ1n) is 12.6. The van der Waals surface area contributed by atoms with Crippen molar-refractivity contribution in [3.05, 3.63) is 48.4 Å². The number of likely N-dealkylation sites (tertiary alicyclic amines) is 1. The summed E-state index contributed by atoms with van der Waals surface area (Å²) in [5.74, 6) is 0.258. The Morgan fingerprint density at radius 2 is 2.03 bits per heavy atom. The molecule has 2 fully saturated rings. The SMILES string of the molecule is C[C@@H]1CNCCN1c1nc(OC[C@@H]2CCCN2C)nc2nc(-c3cccc4ncccc34)c(F)cc12. The van der Waals surface area contributed by atoms with Crippen LogP contribution in [0.2, 0.25) is 0 Å². The second-order valence-electron chi connectivity index (χ2n) is 9.73. The fourth-order valence-electron chi connectivity index (χ4n) is 5.29. The Morgan fingerprint density at radius 3 is 2.86 bits per heavy atom. The topological polar surface area (TPSA) is 79.3 Å². The molecule has 2 aliphatic rings. The van der Waals surface area contributed by atoms with Crippen LogP contribution in [0.15, 0.2) is 42.6 Å². The number of likely N-dealkylation sites (N-methyl/N-ethyl adjacent to an activating group) is 1. The molecule has 2 aliphatic heterocycles. The Labute approximate surface area is 209 Å². The van der Waals surface area contributed by atoms with Gasteiger partial charge in [-0.05, 0) is 51.6 Å². The van der Waals surface area contributed by atoms with E-state index in [2.05, 4.69) is 39.1 Å². The summed E-state index contributed by atoms with van der Waals surface area (Å²) in [6, 6.07) is 11.8. The molecule has 0 amide bonds. The number of halogens is 1. The summed E-state index contributed by atoms with van der Waals surface area (Å²) in [5, 5.41) is 4.84. The van der Waals surface area contributed by atoms with Gasteiger partial charge < -0.3 is 19.9 Å². The molecule has 6 rings (SSSR count). The zero-order chi connectivity index (χ0) is 24.6. The van der Waals surface area contributed by atoms with Crippen molar-refractivity contribution in [2.24, 2.45) is 0 Å². The Hall–Kier alpha value is -3.43. The van der Waals surface area contributed by atoms with Crippen LogP contribution in [-0.4, -0.2) is 76.8 Å². The van der Waals surface area contributed by atoms with Gasteiger partial charge >= 0.3 is 6.01 Å². The summed E-state index contributed by atoms with van der Waals surface area (Å²) >= 11 is 0. The minimum absolute atomic E-state index is 0.192. The lowest BCUT2D eigenvalue weighted by atomic mass is 10.0. The van der Waals surface area contributed by atoms with Gasteiger partial charge in [0.05, 0.1) is 10.9 Å². The number of hydrogen-bond acceptors (Lipinski definition) is 8. The normalized spacial score (nSPS) is 20.9. The van der Waals surface area contributed by atoms with Gasteiger partial charge in [-0.25, -0.2) is 9.37 Å². The van der Waals surface area contributed by atoms with Gasteiger partial charge in [-0.2, -0.15) is 9.97 Å². The molecule has 8 nitrogen and oxygen atoms in total. The number of nitrogens with zero attached hydrogens (tertiary/aromatic N) is 6. The summed E-state index contributed by atoms with van der Waals surface area (Å²) in [5.41, 5.74) is 2.16. The lowest BCUT2D eigenvalue weighted by molar-refractivity contribution is 0.188. The number of fused-ring (bicyclic) bond motifs is 2. The van der Waals surface area contributed by atoms with Crippen molar-refractivity contribution in [1.82, 2.24) is 30.2 Å². The van der Waals surface area contributed by atoms with E-state index in [9.17, 15) is 0 Å². The van der Waals surface area contributed by atoms with Crippen LogP contribution in [0.25, 0.3) is 33.2 Å². The molecule has 1 aromatic carbocycles. The maximum absolute atomic E-state index is 15.7. The van der Waals surface area contributed by atoms with Crippen LogP contribution in [0, 0.1) is 5.82 Å². The van der Waals surface area contributed by atoms with Gasteiger partial charge in [0.1, 0.15) is 23.9 Å². The number of benzene rings is 1. The maximum atomic E-state index is 15.7. The number of ether oxygens (including phenoxy) is 1. The third-order valence-corrected chi connectivity index (χ3v) is 7.35. The predicted molar refractivity (Wildman–Crippen MR) is 139 cm³/mol. The molecule has 0 spiro atoms. The van der Waals surface area contributed by atoms with Crippen LogP contribution in [-0.2, 0) is 0 Å². The summed E-state index contributed by atoms with van der Waals surface area (Å²) in [7, 11) is 2.12. The minimum atomic E-state index is -0.410. The van der Waals surface area contributed by atoms with E-state index in [1.165, 1.54) is 6.07 Å². The lowest BCUT2D eigenvalue weighted by Crippen LogP contribution is -2.50. The lowest BCUT2D eigenvalue weighted by Gasteiger charge is -2.35. The van der Waals surface area contributed by atoms with Gasteiger partial charge in [0, 0.05) is 48.9 Å². The van der Waals surface area contributed by atoms with E-state index in [4.69, 9.17) is 14.7 Å². The number of aromatic nitrogens is 4. The third kappa shape index (κ3) is 4.22. The number of piperazine rings is 1. The Balaban J connectivity index is 1.47. The molecule has 0 radical (unpaired) electrons. The molecule has 2 saturated heterocycles. The van der Waals surface area contributed by atoms with E-state index in [0.29, 0.717) is 35.1 Å². The smallest absolute Gasteiger partial charge is 0.320 e. The largest absolute Gasteiger partial charge is 0.462 e. The van der Waals surface area contributed by atoms with Gasteiger partial charge in [0.2, 0.25) is 0 Å². The fraction of sp³-hybridized carbons (Fsp3) is 0.407. The number of rotatable bonds is 5. The van der Waals surface area contributed by atoms with Crippen molar-refractivity contribution >= 4 is 27.8 Å². The molecular formula is C27H30FN7O. The molecule has 4 aromatic rings. The first-order chi connectivity index (χ1) is 17.6. The molecule has 0 saturated carbocycles. The van der Waals surface area contributed by atoms with Crippen molar-refractivity contribution in [3.63, 3.8) is 0 Å². The molecule has 1 N–H and O–H groups in total. The minimum Gasteiger partial charge on any atom is -0.462 e. The van der Waals surface area contributed by atoms with E-state index >= 15 is 4.39 Å². The monoisotopic (exact) mass is 487 g/mol. The first kappa shape index (κ1) is 23.0. The van der Waals surface area contributed by atoms with E-state index < -0.39 is 5.82 Å². The third-order valence-electron chi connectivity index (χ3n) is 7.35. The van der Waals surface area contributed by atoms with Gasteiger partial charge in [-0.1, -0.05) is 18.2 Å². The Kier molecular flexibility index (Phi) is 6.10. The zero-order valence-corrected chi connectivity index (χ0v) is 20.6. The molecule has 9 heteroatoms. The first-order valence-corrected chi connectivity index (χ1v) is 12.6. The molecular weight excluding hydrogens is 457 g/mol. The predicted octanol–water partition coefficient (Wildman–Crippen LogP) is 3.65. The van der Waals surface area contributed by atoms with Crippen molar-refractivity contribution in [1.29, 1.82) is 0 Å². The number of nitrogens with one attached hydrogen (secondary N) is 1. The van der Waals surface area contributed by atoms with Gasteiger partial charge in [-0.15, -0.1) is 0 Å².